The van der Waals surface area contributed by atoms with Gasteiger partial charge in [-0.2, -0.15) is 0 Å². The predicted molar refractivity (Wildman–Crippen MR) is 99.3 cm³/mol. The van der Waals surface area contributed by atoms with Gasteiger partial charge in [0, 0.05) is 37.6 Å². The summed E-state index contributed by atoms with van der Waals surface area (Å²) in [6, 6.07) is 10.6. The zero-order valence-corrected chi connectivity index (χ0v) is 14.6. The summed E-state index contributed by atoms with van der Waals surface area (Å²) >= 11 is 5.89. The third kappa shape index (κ3) is 3.97. The lowest BCUT2D eigenvalue weighted by Crippen LogP contribution is -2.48. The van der Waals surface area contributed by atoms with Crippen molar-refractivity contribution in [2.45, 2.75) is 0 Å². The average Bonchev–Trinajstić information content (AvgIpc) is 2.62. The summed E-state index contributed by atoms with van der Waals surface area (Å²) in [6.45, 7) is 2.23. The van der Waals surface area contributed by atoms with Crippen LogP contribution in [0.2, 0.25) is 5.15 Å². The van der Waals surface area contributed by atoms with Gasteiger partial charge in [-0.3, -0.25) is 4.79 Å². The van der Waals surface area contributed by atoms with Gasteiger partial charge in [0.15, 0.2) is 0 Å². The summed E-state index contributed by atoms with van der Waals surface area (Å²) in [6.07, 6.45) is -0.886. The highest BCUT2D eigenvalue weighted by atomic mass is 35.5. The van der Waals surface area contributed by atoms with Gasteiger partial charge < -0.3 is 26.0 Å². The number of amides is 2. The van der Waals surface area contributed by atoms with Gasteiger partial charge in [0.25, 0.3) is 5.91 Å². The number of pyridine rings is 1. The number of carbonyl (C=O) groups excluding carboxylic acids is 1. The number of aromatic nitrogens is 1. The van der Waals surface area contributed by atoms with Crippen LogP contribution in [0.1, 0.15) is 10.4 Å². The van der Waals surface area contributed by atoms with Gasteiger partial charge in [-0.05, 0) is 36.4 Å². The summed E-state index contributed by atoms with van der Waals surface area (Å²) in [5.74, 6) is -0.294. The first kappa shape index (κ1) is 17.8. The molecule has 26 heavy (non-hydrogen) atoms. The molecular weight excluding hydrogens is 358 g/mol. The van der Waals surface area contributed by atoms with Crippen LogP contribution in [0.4, 0.5) is 22.0 Å². The van der Waals surface area contributed by atoms with E-state index < -0.39 is 12.0 Å². The number of carbonyl (C=O) groups is 2. The molecule has 0 spiro atoms. The molecule has 0 unspecified atom stereocenters. The number of piperazine rings is 1. The largest absolute Gasteiger partial charge is 0.465 e. The normalized spacial score (nSPS) is 14.2. The fraction of sp³-hybridized carbons (Fsp3) is 0.235. The molecule has 0 atom stereocenters. The number of carboxylic acid groups (broad SMARTS) is 1. The summed E-state index contributed by atoms with van der Waals surface area (Å²) in [4.78, 5) is 30.1. The number of nitrogens with zero attached hydrogens (tertiary/aromatic N) is 3. The Labute approximate surface area is 155 Å². The Kier molecular flexibility index (Phi) is 5.13. The molecule has 1 aliphatic rings. The van der Waals surface area contributed by atoms with Crippen molar-refractivity contribution < 1.29 is 14.7 Å². The lowest BCUT2D eigenvalue weighted by Gasteiger charge is -2.34. The Morgan fingerprint density at radius 2 is 1.73 bits per heavy atom. The zero-order chi connectivity index (χ0) is 18.7. The molecule has 1 fully saturated rings. The molecule has 1 aromatic carbocycles. The lowest BCUT2D eigenvalue weighted by molar-refractivity contribution is 0.100. The molecule has 2 aromatic rings. The van der Waals surface area contributed by atoms with Crippen molar-refractivity contribution in [3.8, 4) is 0 Å². The van der Waals surface area contributed by atoms with Crippen LogP contribution in [0.15, 0.2) is 36.4 Å². The highest BCUT2D eigenvalue weighted by molar-refractivity contribution is 6.29. The molecule has 9 heteroatoms. The van der Waals surface area contributed by atoms with E-state index in [2.05, 4.69) is 15.2 Å². The van der Waals surface area contributed by atoms with Crippen LogP contribution in [-0.2, 0) is 0 Å². The third-order valence-corrected chi connectivity index (χ3v) is 4.38. The zero-order valence-electron chi connectivity index (χ0n) is 13.9. The molecule has 4 N–H and O–H groups in total. The highest BCUT2D eigenvalue weighted by Crippen LogP contribution is 2.24. The Hall–Kier alpha value is -3.00. The number of nitrogens with two attached hydrogens (primary N) is 1. The second-order valence-corrected chi connectivity index (χ2v) is 6.21. The first-order valence-corrected chi connectivity index (χ1v) is 8.38. The number of rotatable bonds is 4. The molecular formula is C17H18ClN5O3. The SMILES string of the molecule is NC(=O)c1ccc(Cl)nc1Nc1ccc(N2CCN(C(=O)O)CC2)cc1. The number of anilines is 3. The predicted octanol–water partition coefficient (Wildman–Crippen LogP) is 2.38. The Bertz CT molecular complexity index is 820. The van der Waals surface area contributed by atoms with E-state index in [0.29, 0.717) is 32.0 Å². The van der Waals surface area contributed by atoms with Gasteiger partial charge in [0.1, 0.15) is 11.0 Å². The standard InChI is InChI=1S/C17H18ClN5O3/c18-14-6-5-13(15(19)24)16(21-14)20-11-1-3-12(4-2-11)22-7-9-23(10-8-22)17(25)26/h1-6H,7-10H2,(H2,19,24)(H,20,21)(H,25,26). The van der Waals surface area contributed by atoms with Crippen molar-refractivity contribution in [1.82, 2.24) is 9.88 Å². The third-order valence-electron chi connectivity index (χ3n) is 4.17. The molecule has 8 nitrogen and oxygen atoms in total. The van der Waals surface area contributed by atoms with Crippen LogP contribution in [0.3, 0.4) is 0 Å². The lowest BCUT2D eigenvalue weighted by atomic mass is 10.2. The summed E-state index contributed by atoms with van der Waals surface area (Å²) < 4.78 is 0. The maximum atomic E-state index is 11.5. The van der Waals surface area contributed by atoms with E-state index in [-0.39, 0.29) is 10.7 Å². The van der Waals surface area contributed by atoms with Crippen LogP contribution in [0.5, 0.6) is 0 Å². The fourth-order valence-corrected chi connectivity index (χ4v) is 2.93. The van der Waals surface area contributed by atoms with Gasteiger partial charge in [0.2, 0.25) is 0 Å². The highest BCUT2D eigenvalue weighted by Gasteiger charge is 2.20. The molecule has 2 amide bonds. The fourth-order valence-electron chi connectivity index (χ4n) is 2.78. The summed E-state index contributed by atoms with van der Waals surface area (Å²) in [5, 5.41) is 12.3. The van der Waals surface area contributed by atoms with Crippen molar-refractivity contribution >= 4 is 40.8 Å². The quantitative estimate of drug-likeness (QED) is 0.707. The van der Waals surface area contributed by atoms with E-state index in [1.807, 2.05) is 24.3 Å². The van der Waals surface area contributed by atoms with Crippen molar-refractivity contribution in [2.24, 2.45) is 5.73 Å². The van der Waals surface area contributed by atoms with Crippen LogP contribution >= 0.6 is 11.6 Å². The van der Waals surface area contributed by atoms with Crippen molar-refractivity contribution in [1.29, 1.82) is 0 Å². The Morgan fingerprint density at radius 1 is 1.08 bits per heavy atom. The summed E-state index contributed by atoms with van der Waals surface area (Å²) in [5.41, 5.74) is 7.34. The molecule has 0 saturated carbocycles. The van der Waals surface area contributed by atoms with Crippen LogP contribution in [0, 0.1) is 0 Å². The first-order chi connectivity index (χ1) is 12.4. The maximum absolute atomic E-state index is 11.5. The van der Waals surface area contributed by atoms with Gasteiger partial charge in [-0.15, -0.1) is 0 Å². The van der Waals surface area contributed by atoms with Gasteiger partial charge in [-0.25, -0.2) is 9.78 Å². The van der Waals surface area contributed by atoms with E-state index in [0.717, 1.165) is 11.4 Å². The molecule has 136 valence electrons. The Morgan fingerprint density at radius 3 is 2.31 bits per heavy atom. The number of nitrogens with one attached hydrogen (secondary N) is 1. The van der Waals surface area contributed by atoms with Crippen molar-refractivity contribution in [3.05, 3.63) is 47.1 Å². The number of primary amides is 1. The summed E-state index contributed by atoms with van der Waals surface area (Å²) in [7, 11) is 0. The molecule has 0 bridgehead atoms. The van der Waals surface area contributed by atoms with Crippen molar-refractivity contribution in [2.75, 3.05) is 36.4 Å². The average molecular weight is 376 g/mol. The monoisotopic (exact) mass is 375 g/mol. The minimum Gasteiger partial charge on any atom is -0.465 e. The van der Waals surface area contributed by atoms with Gasteiger partial charge in [-0.1, -0.05) is 11.6 Å². The van der Waals surface area contributed by atoms with E-state index in [4.69, 9.17) is 22.4 Å². The molecule has 2 heterocycles. The van der Waals surface area contributed by atoms with Gasteiger partial charge >= 0.3 is 6.09 Å². The second-order valence-electron chi connectivity index (χ2n) is 5.82. The second kappa shape index (κ2) is 7.49. The van der Waals surface area contributed by atoms with E-state index in [1.165, 1.54) is 17.0 Å². The maximum Gasteiger partial charge on any atom is 0.407 e. The molecule has 1 aromatic heterocycles. The van der Waals surface area contributed by atoms with E-state index in [9.17, 15) is 9.59 Å². The van der Waals surface area contributed by atoms with Crippen molar-refractivity contribution in [3.63, 3.8) is 0 Å². The Balaban J connectivity index is 1.70. The number of hydrogen-bond acceptors (Lipinski definition) is 5. The molecule has 0 aliphatic carbocycles. The first-order valence-electron chi connectivity index (χ1n) is 8.00. The number of benzene rings is 1. The van der Waals surface area contributed by atoms with Crippen LogP contribution in [-0.4, -0.2) is 53.2 Å². The molecule has 1 saturated heterocycles. The van der Waals surface area contributed by atoms with Crippen LogP contribution in [0.25, 0.3) is 0 Å². The number of hydrogen-bond donors (Lipinski definition) is 3. The smallest absolute Gasteiger partial charge is 0.407 e. The van der Waals surface area contributed by atoms with E-state index in [1.54, 1.807) is 0 Å². The minimum absolute atomic E-state index is 0.253. The van der Waals surface area contributed by atoms with Gasteiger partial charge in [0.05, 0.1) is 5.56 Å². The molecule has 3 rings (SSSR count). The van der Waals surface area contributed by atoms with Crippen LogP contribution < -0.4 is 16.0 Å². The van der Waals surface area contributed by atoms with E-state index >= 15 is 0 Å². The number of halogens is 1. The molecule has 1 aliphatic heterocycles. The minimum atomic E-state index is -0.886. The molecule has 0 radical (unpaired) electrons. The topological polar surface area (TPSA) is 112 Å².